The van der Waals surface area contributed by atoms with Crippen LogP contribution in [0.3, 0.4) is 0 Å². The minimum absolute atomic E-state index is 0.0265. The van der Waals surface area contributed by atoms with Gasteiger partial charge in [-0.25, -0.2) is 9.37 Å². The van der Waals surface area contributed by atoms with E-state index in [9.17, 15) is 14.4 Å². The quantitative estimate of drug-likeness (QED) is 0.573. The number of ether oxygens (including phenoxy) is 1. The number of Topliss-reactive ketones (excluding diaryl/α,β-unsaturated/α-hetero) is 1. The molecular weight excluding hydrogens is 361 g/mol. The maximum atomic E-state index is 13.1. The van der Waals surface area contributed by atoms with Gasteiger partial charge < -0.3 is 20.8 Å². The molecule has 28 heavy (non-hydrogen) atoms. The average Bonchev–Trinajstić information content (AvgIpc) is 3.38. The van der Waals surface area contributed by atoms with E-state index in [0.29, 0.717) is 29.9 Å². The highest BCUT2D eigenvalue weighted by molar-refractivity contribution is 5.83. The number of aromatic nitrogens is 2. The molecule has 4 N–H and O–H groups in total. The molecule has 1 aliphatic rings. The summed E-state index contributed by atoms with van der Waals surface area (Å²) >= 11 is 0. The summed E-state index contributed by atoms with van der Waals surface area (Å²) in [4.78, 5) is 19.2. The van der Waals surface area contributed by atoms with Crippen molar-refractivity contribution in [3.05, 3.63) is 53.9 Å². The Kier molecular flexibility index (Phi) is 6.40. The lowest BCUT2D eigenvalue weighted by Crippen LogP contribution is -2.30. The number of nitrogens with zero attached hydrogens (tertiary/aromatic N) is 2. The zero-order chi connectivity index (χ0) is 19.9. The number of nitriles is 1. The van der Waals surface area contributed by atoms with Gasteiger partial charge in [0, 0.05) is 24.2 Å². The van der Waals surface area contributed by atoms with Crippen LogP contribution in [-0.4, -0.2) is 22.0 Å². The number of benzene rings is 1. The largest absolute Gasteiger partial charge is 0.469 e. The lowest BCUT2D eigenvalue weighted by Gasteiger charge is -2.11. The van der Waals surface area contributed by atoms with Crippen LogP contribution in [0, 0.1) is 17.1 Å². The van der Waals surface area contributed by atoms with Gasteiger partial charge in [0.15, 0.2) is 11.5 Å². The molecule has 0 spiro atoms. The minimum Gasteiger partial charge on any atom is -0.469 e. The summed E-state index contributed by atoms with van der Waals surface area (Å²) in [5, 5.41) is 12.2. The van der Waals surface area contributed by atoms with Gasteiger partial charge in [0.1, 0.15) is 24.0 Å². The predicted molar refractivity (Wildman–Crippen MR) is 101 cm³/mol. The average molecular weight is 383 g/mol. The zero-order valence-electron chi connectivity index (χ0n) is 15.3. The van der Waals surface area contributed by atoms with E-state index in [-0.39, 0.29) is 23.3 Å². The van der Waals surface area contributed by atoms with Crippen molar-refractivity contribution >= 4 is 5.78 Å². The normalized spacial score (nSPS) is 16.2. The molecule has 2 heterocycles. The third-order valence-electron chi connectivity index (χ3n) is 4.59. The van der Waals surface area contributed by atoms with E-state index in [4.69, 9.17) is 10.5 Å². The Morgan fingerprint density at radius 1 is 1.32 bits per heavy atom. The molecule has 0 fully saturated rings. The summed E-state index contributed by atoms with van der Waals surface area (Å²) in [6.07, 6.45) is 6.04. The van der Waals surface area contributed by atoms with Crippen molar-refractivity contribution < 1.29 is 13.9 Å². The van der Waals surface area contributed by atoms with E-state index in [2.05, 4.69) is 21.4 Å². The van der Waals surface area contributed by atoms with E-state index in [1.165, 1.54) is 18.4 Å². The summed E-state index contributed by atoms with van der Waals surface area (Å²) in [6, 6.07) is 7.57. The first-order chi connectivity index (χ1) is 13.6. The summed E-state index contributed by atoms with van der Waals surface area (Å²) in [7, 11) is 0. The van der Waals surface area contributed by atoms with Crippen LogP contribution in [0.4, 0.5) is 4.39 Å². The van der Waals surface area contributed by atoms with Crippen LogP contribution in [-0.2, 0) is 9.53 Å². The first kappa shape index (κ1) is 19.6. The van der Waals surface area contributed by atoms with Crippen molar-refractivity contribution in [3.8, 4) is 17.5 Å². The number of hydrogen-bond acceptors (Lipinski definition) is 6. The fourth-order valence-corrected chi connectivity index (χ4v) is 3.05. The first-order valence-corrected chi connectivity index (χ1v) is 9.19. The first-order valence-electron chi connectivity index (χ1n) is 9.19. The van der Waals surface area contributed by atoms with Gasteiger partial charge in [-0.1, -0.05) is 12.8 Å². The third kappa shape index (κ3) is 4.75. The van der Waals surface area contributed by atoms with E-state index in [1.807, 2.05) is 0 Å². The molecule has 8 heteroatoms. The molecule has 1 aromatic carbocycles. The Morgan fingerprint density at radius 3 is 2.79 bits per heavy atom. The van der Waals surface area contributed by atoms with Crippen LogP contribution in [0.25, 0.3) is 11.4 Å². The molecule has 1 unspecified atom stereocenters. The number of carbonyl (C=O) groups is 1. The van der Waals surface area contributed by atoms with Gasteiger partial charge >= 0.3 is 0 Å². The predicted octanol–water partition coefficient (Wildman–Crippen LogP) is 3.02. The summed E-state index contributed by atoms with van der Waals surface area (Å²) in [6.45, 7) is 0. The van der Waals surface area contributed by atoms with Crippen molar-refractivity contribution in [1.82, 2.24) is 15.3 Å². The molecule has 146 valence electrons. The van der Waals surface area contributed by atoms with Crippen LogP contribution >= 0.6 is 0 Å². The lowest BCUT2D eigenvalue weighted by molar-refractivity contribution is -0.127. The van der Waals surface area contributed by atoms with Crippen molar-refractivity contribution in [2.24, 2.45) is 5.73 Å². The Hall–Kier alpha value is -3.18. The van der Waals surface area contributed by atoms with Gasteiger partial charge in [-0.05, 0) is 37.1 Å². The standard InChI is InChI=1S/C20H22FN5O2/c21-14-8-6-13(7-9-14)19-25-16(12-22)18(26-19)15(23)4-2-1-3-5-17(27)20-24-10-11-28-20/h6-11,15,20,24H,1-5,23H2,(H,25,26)/t15-,20?/m0/s1. The number of halogens is 1. The number of H-pyrrole nitrogens is 1. The molecular formula is C20H22FN5O2. The molecule has 0 bridgehead atoms. The Morgan fingerprint density at radius 2 is 2.11 bits per heavy atom. The summed E-state index contributed by atoms with van der Waals surface area (Å²) < 4.78 is 18.2. The molecule has 3 rings (SSSR count). The van der Waals surface area contributed by atoms with E-state index < -0.39 is 6.23 Å². The number of rotatable bonds is 9. The van der Waals surface area contributed by atoms with Crippen molar-refractivity contribution in [2.45, 2.75) is 44.4 Å². The van der Waals surface area contributed by atoms with Gasteiger partial charge in [-0.2, -0.15) is 5.26 Å². The van der Waals surface area contributed by atoms with Gasteiger partial charge in [-0.3, -0.25) is 4.79 Å². The molecule has 0 amide bonds. The smallest absolute Gasteiger partial charge is 0.228 e. The van der Waals surface area contributed by atoms with Crippen LogP contribution in [0.5, 0.6) is 0 Å². The van der Waals surface area contributed by atoms with Gasteiger partial charge in [-0.15, -0.1) is 0 Å². The number of carbonyl (C=O) groups excluding carboxylic acids is 1. The number of aromatic amines is 1. The number of unbranched alkanes of at least 4 members (excludes halogenated alkanes) is 2. The zero-order valence-corrected chi connectivity index (χ0v) is 15.3. The molecule has 0 radical (unpaired) electrons. The van der Waals surface area contributed by atoms with Gasteiger partial charge in [0.25, 0.3) is 0 Å². The Labute approximate surface area is 162 Å². The van der Waals surface area contributed by atoms with Crippen molar-refractivity contribution in [1.29, 1.82) is 5.26 Å². The molecule has 1 aliphatic heterocycles. The van der Waals surface area contributed by atoms with Crippen LogP contribution in [0.1, 0.15) is 49.5 Å². The molecule has 0 saturated heterocycles. The van der Waals surface area contributed by atoms with E-state index in [1.54, 1.807) is 18.3 Å². The monoisotopic (exact) mass is 383 g/mol. The molecule has 1 aromatic heterocycles. The van der Waals surface area contributed by atoms with Crippen molar-refractivity contribution in [2.75, 3.05) is 0 Å². The van der Waals surface area contributed by atoms with E-state index in [0.717, 1.165) is 19.3 Å². The number of imidazole rings is 1. The Bertz CT molecular complexity index is 877. The fourth-order valence-electron chi connectivity index (χ4n) is 3.05. The van der Waals surface area contributed by atoms with Gasteiger partial charge in [0.2, 0.25) is 6.23 Å². The topological polar surface area (TPSA) is 117 Å². The Balaban J connectivity index is 1.49. The highest BCUT2D eigenvalue weighted by Gasteiger charge is 2.20. The van der Waals surface area contributed by atoms with Crippen LogP contribution < -0.4 is 11.1 Å². The van der Waals surface area contributed by atoms with Gasteiger partial charge in [0.05, 0.1) is 5.69 Å². The highest BCUT2D eigenvalue weighted by atomic mass is 19.1. The lowest BCUT2D eigenvalue weighted by atomic mass is 10.0. The highest BCUT2D eigenvalue weighted by Crippen LogP contribution is 2.24. The molecule has 2 aromatic rings. The molecule has 0 saturated carbocycles. The fraction of sp³-hybridized carbons (Fsp3) is 0.350. The second-order valence-electron chi connectivity index (χ2n) is 6.62. The SMILES string of the molecule is N#Cc1nc(-c2ccc(F)cc2)[nH]c1[C@@H](N)CCCCCC(=O)C1NC=CO1. The number of nitrogens with two attached hydrogens (primary N) is 1. The third-order valence-corrected chi connectivity index (χ3v) is 4.59. The molecule has 2 atom stereocenters. The number of hydrogen-bond donors (Lipinski definition) is 3. The molecule has 7 nitrogen and oxygen atoms in total. The summed E-state index contributed by atoms with van der Waals surface area (Å²) in [5.41, 5.74) is 7.75. The second kappa shape index (κ2) is 9.15. The van der Waals surface area contributed by atoms with Crippen LogP contribution in [0.2, 0.25) is 0 Å². The second-order valence-corrected chi connectivity index (χ2v) is 6.62. The number of nitrogens with one attached hydrogen (secondary N) is 2. The number of ketones is 1. The van der Waals surface area contributed by atoms with Crippen LogP contribution in [0.15, 0.2) is 36.7 Å². The maximum Gasteiger partial charge on any atom is 0.228 e. The molecule has 0 aliphatic carbocycles. The van der Waals surface area contributed by atoms with Crippen molar-refractivity contribution in [3.63, 3.8) is 0 Å². The van der Waals surface area contributed by atoms with E-state index >= 15 is 0 Å². The minimum atomic E-state index is -0.560. The maximum absolute atomic E-state index is 13.1. The summed E-state index contributed by atoms with van der Waals surface area (Å²) in [5.74, 6) is 0.182.